The number of carbonyl (C=O) groups is 1. The van der Waals surface area contributed by atoms with E-state index in [0.717, 1.165) is 5.56 Å². The van der Waals surface area contributed by atoms with E-state index in [2.05, 4.69) is 4.99 Å². The summed E-state index contributed by atoms with van der Waals surface area (Å²) in [5.41, 5.74) is 1.13. The lowest BCUT2D eigenvalue weighted by Gasteiger charge is -2.18. The van der Waals surface area contributed by atoms with Gasteiger partial charge in [-0.3, -0.25) is 4.79 Å². The predicted molar refractivity (Wildman–Crippen MR) is 101 cm³/mol. The largest absolute Gasteiger partial charge is 0.758 e. The Morgan fingerprint density at radius 3 is 2.07 bits per heavy atom. The van der Waals surface area contributed by atoms with Gasteiger partial charge in [-0.25, -0.2) is 8.78 Å². The van der Waals surface area contributed by atoms with Gasteiger partial charge in [0.05, 0.1) is 6.54 Å². The molecule has 0 bridgehead atoms. The molecule has 1 atom stereocenters. The first-order chi connectivity index (χ1) is 13.0. The maximum Gasteiger partial charge on any atom is 0.237 e. The molecule has 0 N–H and O–H groups in total. The van der Waals surface area contributed by atoms with Gasteiger partial charge < -0.3 is 17.6 Å². The second-order valence-electron chi connectivity index (χ2n) is 5.88. The first kappa shape index (κ1) is 18.8. The lowest BCUT2D eigenvalue weighted by atomic mass is 10.0. The highest BCUT2D eigenvalue weighted by atomic mass is 32.1. The molecule has 136 valence electrons. The minimum absolute atomic E-state index is 0.199. The lowest BCUT2D eigenvalue weighted by molar-refractivity contribution is -0.691. The zero-order valence-corrected chi connectivity index (χ0v) is 15.1. The van der Waals surface area contributed by atoms with E-state index in [1.807, 2.05) is 6.07 Å². The van der Waals surface area contributed by atoms with E-state index in [1.165, 1.54) is 36.4 Å². The number of carbonyl (C=O) groups excluding carboxylic acids is 1. The summed E-state index contributed by atoms with van der Waals surface area (Å²) in [5, 5.41) is 0.199. The number of Topliss-reactive ketones (excluding diaryl/α,β-unsaturated/α-hetero) is 1. The van der Waals surface area contributed by atoms with Crippen LogP contribution >= 0.6 is 0 Å². The second-order valence-corrected chi connectivity index (χ2v) is 6.30. The van der Waals surface area contributed by atoms with Gasteiger partial charge in [-0.2, -0.15) is 4.57 Å². The molecule has 0 aliphatic carbocycles. The van der Waals surface area contributed by atoms with E-state index in [9.17, 15) is 13.6 Å². The molecule has 2 aromatic carbocycles. The van der Waals surface area contributed by atoms with Gasteiger partial charge in [0.25, 0.3) is 0 Å². The van der Waals surface area contributed by atoms with Crippen molar-refractivity contribution in [3.63, 3.8) is 0 Å². The molecule has 3 aromatic rings. The number of pyridine rings is 1. The second kappa shape index (κ2) is 8.60. The first-order valence-electron chi connectivity index (χ1n) is 8.26. The molecule has 0 fully saturated rings. The van der Waals surface area contributed by atoms with Crippen LogP contribution in [0, 0.1) is 11.6 Å². The predicted octanol–water partition coefficient (Wildman–Crippen LogP) is 3.82. The maximum atomic E-state index is 13.2. The molecule has 0 saturated carbocycles. The Morgan fingerprint density at radius 1 is 0.926 bits per heavy atom. The Morgan fingerprint density at radius 2 is 1.48 bits per heavy atom. The van der Waals surface area contributed by atoms with E-state index >= 15 is 0 Å². The van der Waals surface area contributed by atoms with Gasteiger partial charge in [-0.1, -0.05) is 18.2 Å². The summed E-state index contributed by atoms with van der Waals surface area (Å²) in [6, 6.07) is 15.8. The van der Waals surface area contributed by atoms with Crippen LogP contribution in [0.1, 0.15) is 22.0 Å². The minimum atomic E-state index is -0.827. The van der Waals surface area contributed by atoms with Gasteiger partial charge in [0, 0.05) is 17.7 Å². The molecule has 0 aliphatic heterocycles. The molecule has 0 aliphatic rings. The van der Waals surface area contributed by atoms with Crippen LogP contribution in [0.3, 0.4) is 0 Å². The molecule has 0 spiro atoms. The van der Waals surface area contributed by atoms with E-state index < -0.39 is 11.9 Å². The highest BCUT2D eigenvalue weighted by Crippen LogP contribution is 2.13. The number of rotatable bonds is 6. The van der Waals surface area contributed by atoms with Crippen LogP contribution in [0.25, 0.3) is 0 Å². The summed E-state index contributed by atoms with van der Waals surface area (Å²) < 4.78 is 27.9. The summed E-state index contributed by atoms with van der Waals surface area (Å²) in [4.78, 5) is 17.4. The standard InChI is InChI=1S/C21H16F2N2OS/c22-17-8-4-15(5-9-17)14-24-21(27)19(25-12-2-1-3-13-25)20(26)16-6-10-18(23)11-7-16/h1-13,19H,14H2/t19-/m1/s1. The number of aliphatic imine (C=N–C) groups is 1. The molecule has 3 nitrogen and oxygen atoms in total. The van der Waals surface area contributed by atoms with Crippen LogP contribution in [-0.4, -0.2) is 10.8 Å². The van der Waals surface area contributed by atoms with Gasteiger partial charge in [0.2, 0.25) is 11.8 Å². The van der Waals surface area contributed by atoms with Crippen molar-refractivity contribution in [1.29, 1.82) is 0 Å². The van der Waals surface area contributed by atoms with Crippen molar-refractivity contribution in [3.05, 3.63) is 102 Å². The Kier molecular flexibility index (Phi) is 5.98. The number of halogens is 2. The molecule has 0 saturated heterocycles. The molecule has 1 aromatic heterocycles. The topological polar surface area (TPSA) is 33.3 Å². The summed E-state index contributed by atoms with van der Waals surface area (Å²) in [5.74, 6) is -1.02. The number of nitrogens with zero attached hydrogens (tertiary/aromatic N) is 2. The number of ketones is 1. The third-order valence-corrected chi connectivity index (χ3v) is 4.33. The van der Waals surface area contributed by atoms with Gasteiger partial charge in [0.15, 0.2) is 12.4 Å². The van der Waals surface area contributed by atoms with Gasteiger partial charge in [-0.05, 0) is 47.0 Å². The molecule has 0 unspecified atom stereocenters. The van der Waals surface area contributed by atoms with Crippen LogP contribution in [0.5, 0.6) is 0 Å². The molecule has 6 heteroatoms. The molecule has 3 rings (SSSR count). The van der Waals surface area contributed by atoms with Gasteiger partial charge in [0.1, 0.15) is 11.6 Å². The highest BCUT2D eigenvalue weighted by Gasteiger charge is 2.28. The quantitative estimate of drug-likeness (QED) is 0.213. The highest BCUT2D eigenvalue weighted by molar-refractivity contribution is 7.77. The fourth-order valence-corrected chi connectivity index (χ4v) is 2.87. The average molecular weight is 382 g/mol. The van der Waals surface area contributed by atoms with Crippen molar-refractivity contribution in [3.8, 4) is 0 Å². The Labute approximate surface area is 161 Å². The summed E-state index contributed by atoms with van der Waals surface area (Å²) in [6.45, 7) is 0.236. The zero-order valence-electron chi connectivity index (χ0n) is 14.3. The summed E-state index contributed by atoms with van der Waals surface area (Å²) in [7, 11) is 0. The summed E-state index contributed by atoms with van der Waals surface area (Å²) >= 11 is 5.43. The zero-order chi connectivity index (χ0) is 19.2. The normalized spacial score (nSPS) is 12.6. The molecular formula is C21H16F2N2OS. The van der Waals surface area contributed by atoms with Gasteiger partial charge in [-0.15, -0.1) is 0 Å². The maximum absolute atomic E-state index is 13.2. The van der Waals surface area contributed by atoms with Crippen molar-refractivity contribution >= 4 is 23.5 Å². The van der Waals surface area contributed by atoms with Crippen LogP contribution in [0.2, 0.25) is 0 Å². The number of benzene rings is 2. The Bertz CT molecular complexity index is 942. The van der Waals surface area contributed by atoms with Crippen LogP contribution in [0.15, 0.2) is 84.1 Å². The van der Waals surface area contributed by atoms with Crippen molar-refractivity contribution in [2.75, 3.05) is 0 Å². The fraction of sp³-hybridized carbons (Fsp3) is 0.0952. The first-order valence-corrected chi connectivity index (χ1v) is 8.67. The Balaban J connectivity index is 1.91. The van der Waals surface area contributed by atoms with E-state index in [-0.39, 0.29) is 23.2 Å². The summed E-state index contributed by atoms with van der Waals surface area (Å²) in [6.07, 6.45) is 3.46. The Hall–Kier alpha value is -2.99. The van der Waals surface area contributed by atoms with E-state index in [0.29, 0.717) is 5.56 Å². The minimum Gasteiger partial charge on any atom is -0.758 e. The molecular weight excluding hydrogens is 366 g/mol. The third-order valence-electron chi connectivity index (χ3n) is 3.98. The molecule has 1 heterocycles. The SMILES string of the molecule is O=C(c1ccc(F)cc1)[C@H](C([S-])=NCc1ccc(F)cc1)[n+]1ccccc1. The van der Waals surface area contributed by atoms with Crippen LogP contribution < -0.4 is 4.57 Å². The van der Waals surface area contributed by atoms with Crippen molar-refractivity contribution < 1.29 is 18.1 Å². The number of hydrogen-bond acceptors (Lipinski definition) is 3. The van der Waals surface area contributed by atoms with Crippen molar-refractivity contribution in [2.24, 2.45) is 4.99 Å². The van der Waals surface area contributed by atoms with E-state index in [4.69, 9.17) is 12.6 Å². The lowest BCUT2D eigenvalue weighted by Crippen LogP contribution is -2.47. The molecule has 27 heavy (non-hydrogen) atoms. The smallest absolute Gasteiger partial charge is 0.237 e. The number of hydrogen-bond donors (Lipinski definition) is 0. The van der Waals surface area contributed by atoms with Crippen LogP contribution in [-0.2, 0) is 19.2 Å². The van der Waals surface area contributed by atoms with Gasteiger partial charge >= 0.3 is 0 Å². The monoisotopic (exact) mass is 382 g/mol. The average Bonchev–Trinajstić information content (AvgIpc) is 2.69. The van der Waals surface area contributed by atoms with Crippen molar-refractivity contribution in [2.45, 2.75) is 12.6 Å². The number of aromatic nitrogens is 1. The molecule has 0 amide bonds. The fourth-order valence-electron chi connectivity index (χ4n) is 2.58. The van der Waals surface area contributed by atoms with Crippen LogP contribution in [0.4, 0.5) is 8.78 Å². The van der Waals surface area contributed by atoms with E-state index in [1.54, 1.807) is 41.2 Å². The van der Waals surface area contributed by atoms with Crippen molar-refractivity contribution in [1.82, 2.24) is 0 Å². The molecule has 0 radical (unpaired) electrons. The third kappa shape index (κ3) is 4.80.